The molecule has 4 heterocycles. The second-order valence-electron chi connectivity index (χ2n) is 7.80. The summed E-state index contributed by atoms with van der Waals surface area (Å²) in [5, 5.41) is 8.19. The number of nitrogens with one attached hydrogen (secondary N) is 1. The van der Waals surface area contributed by atoms with Gasteiger partial charge < -0.3 is 19.9 Å². The SMILES string of the molecule is Cc1c(F)c2nc(c1F)Oc1ccc(c(C(=N)N)c1)[N+]1(CCOCC1)c1cccc(c1)O2. The number of hydrogen-bond donors (Lipinski definition) is 2. The molecule has 0 aliphatic carbocycles. The summed E-state index contributed by atoms with van der Waals surface area (Å²) in [6.07, 6.45) is 0. The van der Waals surface area contributed by atoms with Crippen LogP contribution < -0.4 is 19.7 Å². The molecule has 3 aliphatic rings. The monoisotopic (exact) mass is 439 g/mol. The Kier molecular flexibility index (Phi) is 4.79. The summed E-state index contributed by atoms with van der Waals surface area (Å²) in [4.78, 5) is 3.94. The van der Waals surface area contributed by atoms with E-state index >= 15 is 0 Å². The first-order valence-corrected chi connectivity index (χ1v) is 10.1. The number of nitrogens with two attached hydrogens (primary N) is 1. The van der Waals surface area contributed by atoms with Crippen LogP contribution in [0.5, 0.6) is 23.3 Å². The van der Waals surface area contributed by atoms with Crippen molar-refractivity contribution in [3.63, 3.8) is 0 Å². The number of quaternary nitrogens is 1. The zero-order valence-corrected chi connectivity index (χ0v) is 17.3. The van der Waals surface area contributed by atoms with Gasteiger partial charge in [-0.05, 0) is 31.2 Å². The second-order valence-corrected chi connectivity index (χ2v) is 7.80. The molecule has 0 saturated carbocycles. The average Bonchev–Trinajstić information content (AvgIpc) is 2.81. The lowest BCUT2D eigenvalue weighted by atomic mass is 10.0. The van der Waals surface area contributed by atoms with Gasteiger partial charge in [0.2, 0.25) is 0 Å². The van der Waals surface area contributed by atoms with E-state index in [2.05, 4.69) is 4.98 Å². The predicted molar refractivity (Wildman–Crippen MR) is 115 cm³/mol. The molecule has 0 amide bonds. The van der Waals surface area contributed by atoms with Crippen molar-refractivity contribution in [3.05, 3.63) is 65.2 Å². The Bertz CT molecular complexity index is 1240. The summed E-state index contributed by atoms with van der Waals surface area (Å²) in [6, 6.07) is 12.3. The van der Waals surface area contributed by atoms with Crippen LogP contribution in [0.15, 0.2) is 42.5 Å². The van der Waals surface area contributed by atoms with Gasteiger partial charge in [-0.2, -0.15) is 4.98 Å². The molecule has 3 aliphatic heterocycles. The zero-order chi connectivity index (χ0) is 22.5. The average molecular weight is 439 g/mol. The molecule has 32 heavy (non-hydrogen) atoms. The minimum Gasteiger partial charge on any atom is -0.436 e. The first-order chi connectivity index (χ1) is 15.4. The van der Waals surface area contributed by atoms with Crippen molar-refractivity contribution in [2.24, 2.45) is 5.73 Å². The molecule has 1 spiro atoms. The van der Waals surface area contributed by atoms with Crippen LogP contribution in [-0.2, 0) is 4.74 Å². The van der Waals surface area contributed by atoms with Crippen molar-refractivity contribution >= 4 is 17.2 Å². The third-order valence-electron chi connectivity index (χ3n) is 5.93. The van der Waals surface area contributed by atoms with Crippen molar-refractivity contribution < 1.29 is 23.0 Å². The first-order valence-electron chi connectivity index (χ1n) is 10.1. The van der Waals surface area contributed by atoms with Gasteiger partial charge in [0.05, 0.1) is 18.8 Å². The van der Waals surface area contributed by atoms with E-state index in [-0.39, 0.29) is 23.0 Å². The summed E-state index contributed by atoms with van der Waals surface area (Å²) in [5.41, 5.74) is 7.79. The highest BCUT2D eigenvalue weighted by Crippen LogP contribution is 2.43. The molecule has 1 saturated heterocycles. The molecule has 0 unspecified atom stereocenters. The number of hydrogen-bond acceptors (Lipinski definition) is 5. The van der Waals surface area contributed by atoms with Gasteiger partial charge in [0.1, 0.15) is 41.8 Å². The van der Waals surface area contributed by atoms with Gasteiger partial charge in [-0.25, -0.2) is 8.78 Å². The smallest absolute Gasteiger partial charge is 0.259 e. The number of fused-ring (bicyclic) bond motifs is 2. The quantitative estimate of drug-likeness (QED) is 0.331. The van der Waals surface area contributed by atoms with E-state index in [1.165, 1.54) is 6.92 Å². The fraction of sp³-hybridized carbons (Fsp3) is 0.217. The minimum atomic E-state index is -0.927. The van der Waals surface area contributed by atoms with Crippen LogP contribution in [-0.4, -0.2) is 37.1 Å². The van der Waals surface area contributed by atoms with Gasteiger partial charge in [-0.1, -0.05) is 6.07 Å². The van der Waals surface area contributed by atoms with E-state index in [1.807, 2.05) is 12.1 Å². The molecule has 9 heteroatoms. The lowest BCUT2D eigenvalue weighted by Crippen LogP contribution is -2.53. The van der Waals surface area contributed by atoms with Crippen molar-refractivity contribution in [1.82, 2.24) is 9.47 Å². The number of benzene rings is 2. The van der Waals surface area contributed by atoms with Gasteiger partial charge in [-0.3, -0.25) is 9.89 Å². The number of aromatic nitrogens is 1. The van der Waals surface area contributed by atoms with Gasteiger partial charge >= 0.3 is 0 Å². The Morgan fingerprint density at radius 1 is 1.00 bits per heavy atom. The fourth-order valence-electron chi connectivity index (χ4n) is 4.24. The molecule has 1 fully saturated rings. The number of amidine groups is 1. The summed E-state index contributed by atoms with van der Waals surface area (Å²) in [5.74, 6) is -2.22. The predicted octanol–water partition coefficient (Wildman–Crippen LogP) is 4.52. The van der Waals surface area contributed by atoms with Crippen molar-refractivity contribution in [3.8, 4) is 23.3 Å². The molecule has 6 rings (SSSR count). The Labute approximate surface area is 183 Å². The maximum Gasteiger partial charge on any atom is 0.259 e. The maximum atomic E-state index is 14.8. The minimum absolute atomic E-state index is 0.152. The fourth-order valence-corrected chi connectivity index (χ4v) is 4.24. The molecular weight excluding hydrogens is 418 g/mol. The van der Waals surface area contributed by atoms with Crippen LogP contribution in [0.2, 0.25) is 0 Å². The summed E-state index contributed by atoms with van der Waals surface area (Å²) >= 11 is 0. The second kappa shape index (κ2) is 7.54. The van der Waals surface area contributed by atoms with Gasteiger partial charge in [0.15, 0.2) is 11.6 Å². The molecular formula is C23H21F2N4O3+. The lowest BCUT2D eigenvalue weighted by molar-refractivity contribution is 0.0640. The number of halogens is 2. The molecule has 2 aromatic carbocycles. The van der Waals surface area contributed by atoms with E-state index in [0.717, 1.165) is 11.4 Å². The number of nitrogen functional groups attached to an aromatic ring is 1. The molecule has 3 N–H and O–H groups in total. The van der Waals surface area contributed by atoms with Crippen molar-refractivity contribution in [2.45, 2.75) is 6.92 Å². The summed E-state index contributed by atoms with van der Waals surface area (Å²) in [7, 11) is 0. The zero-order valence-electron chi connectivity index (χ0n) is 17.3. The van der Waals surface area contributed by atoms with Crippen LogP contribution in [0, 0.1) is 24.0 Å². The maximum absolute atomic E-state index is 14.8. The standard InChI is InChI=1S/C23H21F2N4O3/c1-13-19(24)22-28-23(20(13)25)32-16-5-6-18(17(12-16)21(26)27)29(7-9-30-10-8-29)14-3-2-4-15(11-14)31-22/h2-6,11-12H,7-10H2,1H3,(H3,26,27)/q+1. The van der Waals surface area contributed by atoms with Gasteiger partial charge in [0.25, 0.3) is 11.8 Å². The Morgan fingerprint density at radius 2 is 1.66 bits per heavy atom. The Balaban J connectivity index is 1.82. The number of morpholine rings is 1. The number of ether oxygens (including phenoxy) is 3. The van der Waals surface area contributed by atoms with E-state index in [4.69, 9.17) is 25.4 Å². The number of pyridine rings is 1. The van der Waals surface area contributed by atoms with Crippen LogP contribution in [0.3, 0.4) is 0 Å². The van der Waals surface area contributed by atoms with E-state index in [1.54, 1.807) is 30.3 Å². The Morgan fingerprint density at radius 3 is 2.31 bits per heavy atom. The molecule has 7 nitrogen and oxygen atoms in total. The first kappa shape index (κ1) is 20.3. The molecule has 6 bridgehead atoms. The highest BCUT2D eigenvalue weighted by Gasteiger charge is 2.39. The van der Waals surface area contributed by atoms with Crippen LogP contribution in [0.25, 0.3) is 0 Å². The van der Waals surface area contributed by atoms with E-state index in [0.29, 0.717) is 42.1 Å². The Hall–Kier alpha value is -3.56. The lowest BCUT2D eigenvalue weighted by Gasteiger charge is -2.41. The van der Waals surface area contributed by atoms with Crippen molar-refractivity contribution in [1.29, 1.82) is 5.41 Å². The number of rotatable bonds is 1. The number of nitrogens with zero attached hydrogens (tertiary/aromatic N) is 2. The van der Waals surface area contributed by atoms with Gasteiger partial charge in [0, 0.05) is 17.7 Å². The van der Waals surface area contributed by atoms with E-state index in [9.17, 15) is 8.78 Å². The molecule has 0 atom stereocenters. The third-order valence-corrected chi connectivity index (χ3v) is 5.93. The largest absolute Gasteiger partial charge is 0.436 e. The highest BCUT2D eigenvalue weighted by molar-refractivity contribution is 6.01. The highest BCUT2D eigenvalue weighted by atomic mass is 19.1. The van der Waals surface area contributed by atoms with Crippen LogP contribution >= 0.6 is 0 Å². The van der Waals surface area contributed by atoms with E-state index < -0.39 is 17.5 Å². The van der Waals surface area contributed by atoms with Gasteiger partial charge in [-0.15, -0.1) is 0 Å². The van der Waals surface area contributed by atoms with Crippen LogP contribution in [0.1, 0.15) is 11.1 Å². The topological polar surface area (TPSA) is 90.5 Å². The van der Waals surface area contributed by atoms with Crippen molar-refractivity contribution in [2.75, 3.05) is 26.3 Å². The summed E-state index contributed by atoms with van der Waals surface area (Å²) in [6.45, 7) is 3.48. The molecule has 164 valence electrons. The molecule has 3 aromatic rings. The normalized spacial score (nSPS) is 16.3. The van der Waals surface area contributed by atoms with Crippen LogP contribution in [0.4, 0.5) is 20.2 Å². The molecule has 0 radical (unpaired) electrons. The summed E-state index contributed by atoms with van der Waals surface area (Å²) < 4.78 is 46.9. The molecule has 1 aromatic heterocycles. The third kappa shape index (κ3) is 3.17.